The van der Waals surface area contributed by atoms with Gasteiger partial charge in [0.2, 0.25) is 0 Å². The Balaban J connectivity index is 0.000000271. The molecule has 0 aliphatic carbocycles. The van der Waals surface area contributed by atoms with Crippen LogP contribution >= 0.6 is 0 Å². The lowest BCUT2D eigenvalue weighted by molar-refractivity contribution is 0.270. The lowest BCUT2D eigenvalue weighted by atomic mass is 9.85. The van der Waals surface area contributed by atoms with E-state index in [0.717, 1.165) is 23.5 Å². The number of hydrogen-bond donors (Lipinski definition) is 3. The van der Waals surface area contributed by atoms with Gasteiger partial charge in [-0.1, -0.05) is 26.3 Å². The van der Waals surface area contributed by atoms with E-state index in [1.807, 2.05) is 13.0 Å². The number of allylic oxidation sites excluding steroid dienone is 2. The van der Waals surface area contributed by atoms with E-state index in [1.54, 1.807) is 18.5 Å². The molecule has 3 N–H and O–H groups in total. The minimum absolute atomic E-state index is 0.0268. The molecule has 3 heterocycles. The van der Waals surface area contributed by atoms with Gasteiger partial charge in [0.05, 0.1) is 7.11 Å². The largest absolute Gasteiger partial charge is 0.493 e. The Hall–Kier alpha value is -3.06. The third-order valence-corrected chi connectivity index (χ3v) is 6.67. The number of fused-ring (bicyclic) bond motifs is 1. The van der Waals surface area contributed by atoms with Gasteiger partial charge in [0.1, 0.15) is 11.5 Å². The maximum atomic E-state index is 14.0. The van der Waals surface area contributed by atoms with Crippen LogP contribution in [0.15, 0.2) is 36.7 Å². The SMILES string of the molecule is C/C=C(\C=N)c1cnc2[nH]cc(-c3cc(F)cc(F)c3OC)c2c1.CCC(C)C1CCNCC1. The number of rotatable bonds is 6. The van der Waals surface area contributed by atoms with Crippen molar-refractivity contribution in [1.29, 1.82) is 5.41 Å². The molecule has 7 heteroatoms. The van der Waals surface area contributed by atoms with E-state index >= 15 is 0 Å². The second-order valence-corrected chi connectivity index (χ2v) is 8.65. The van der Waals surface area contributed by atoms with Crippen LogP contribution in [-0.2, 0) is 0 Å². The first-order chi connectivity index (χ1) is 16.4. The van der Waals surface area contributed by atoms with Crippen LogP contribution in [0.5, 0.6) is 5.75 Å². The number of nitrogens with zero attached hydrogens (tertiary/aromatic N) is 1. The minimum Gasteiger partial charge on any atom is -0.493 e. The molecule has 182 valence electrons. The predicted octanol–water partition coefficient (Wildman–Crippen LogP) is 6.60. The third kappa shape index (κ3) is 5.70. The van der Waals surface area contributed by atoms with Crippen molar-refractivity contribution in [3.63, 3.8) is 0 Å². The predicted molar refractivity (Wildman–Crippen MR) is 135 cm³/mol. The monoisotopic (exact) mass is 468 g/mol. The molecule has 3 aromatic rings. The van der Waals surface area contributed by atoms with Gasteiger partial charge in [-0.05, 0) is 62.4 Å². The number of benzene rings is 1. The van der Waals surface area contributed by atoms with E-state index in [0.29, 0.717) is 27.7 Å². The highest BCUT2D eigenvalue weighted by atomic mass is 19.1. The number of aromatic amines is 1. The summed E-state index contributed by atoms with van der Waals surface area (Å²) < 4.78 is 32.8. The molecular formula is C27H34F2N4O. The molecular weight excluding hydrogens is 434 g/mol. The molecule has 0 saturated carbocycles. The van der Waals surface area contributed by atoms with Gasteiger partial charge >= 0.3 is 0 Å². The molecule has 0 radical (unpaired) electrons. The maximum absolute atomic E-state index is 14.0. The van der Waals surface area contributed by atoms with Crippen LogP contribution < -0.4 is 10.1 Å². The summed E-state index contributed by atoms with van der Waals surface area (Å²) in [5.41, 5.74) is 2.92. The highest BCUT2D eigenvalue weighted by Gasteiger charge is 2.18. The van der Waals surface area contributed by atoms with Gasteiger partial charge in [-0.2, -0.15) is 0 Å². The van der Waals surface area contributed by atoms with Crippen molar-refractivity contribution >= 4 is 22.8 Å². The zero-order valence-corrected chi connectivity index (χ0v) is 20.3. The Bertz CT molecular complexity index is 1150. The van der Waals surface area contributed by atoms with Gasteiger partial charge in [0.15, 0.2) is 11.6 Å². The molecule has 34 heavy (non-hydrogen) atoms. The average Bonchev–Trinajstić information content (AvgIpc) is 3.28. The molecule has 1 unspecified atom stereocenters. The molecule has 0 bridgehead atoms. The Morgan fingerprint density at radius 1 is 1.24 bits per heavy atom. The fraction of sp³-hybridized carbons (Fsp3) is 0.407. The third-order valence-electron chi connectivity index (χ3n) is 6.67. The number of H-pyrrole nitrogens is 1. The maximum Gasteiger partial charge on any atom is 0.168 e. The van der Waals surface area contributed by atoms with Crippen molar-refractivity contribution in [2.24, 2.45) is 11.8 Å². The van der Waals surface area contributed by atoms with Crippen molar-refractivity contribution in [2.45, 2.75) is 40.0 Å². The normalized spacial score (nSPS) is 15.5. The van der Waals surface area contributed by atoms with Crippen LogP contribution in [0.3, 0.4) is 0 Å². The number of piperidine rings is 1. The van der Waals surface area contributed by atoms with Gasteiger partial charge in [0, 0.05) is 46.8 Å². The second kappa shape index (κ2) is 11.9. The molecule has 1 fully saturated rings. The molecule has 4 rings (SSSR count). The summed E-state index contributed by atoms with van der Waals surface area (Å²) in [6.07, 6.45) is 10.5. The van der Waals surface area contributed by atoms with E-state index < -0.39 is 11.6 Å². The highest BCUT2D eigenvalue weighted by Crippen LogP contribution is 2.37. The van der Waals surface area contributed by atoms with Crippen molar-refractivity contribution in [2.75, 3.05) is 20.2 Å². The Morgan fingerprint density at radius 2 is 1.97 bits per heavy atom. The summed E-state index contributed by atoms with van der Waals surface area (Å²) in [7, 11) is 1.34. The molecule has 1 atom stereocenters. The molecule has 1 aliphatic rings. The summed E-state index contributed by atoms with van der Waals surface area (Å²) in [6.45, 7) is 9.00. The lowest BCUT2D eigenvalue weighted by Gasteiger charge is -2.27. The molecule has 1 saturated heterocycles. The second-order valence-electron chi connectivity index (χ2n) is 8.65. The van der Waals surface area contributed by atoms with E-state index in [-0.39, 0.29) is 5.75 Å². The number of methoxy groups -OCH3 is 1. The number of hydrogen-bond acceptors (Lipinski definition) is 4. The van der Waals surface area contributed by atoms with E-state index in [4.69, 9.17) is 10.1 Å². The Kier molecular flexibility index (Phi) is 8.93. The zero-order valence-electron chi connectivity index (χ0n) is 20.3. The van der Waals surface area contributed by atoms with Crippen molar-refractivity contribution < 1.29 is 13.5 Å². The number of aromatic nitrogens is 2. The van der Waals surface area contributed by atoms with Crippen LogP contribution in [0.1, 0.15) is 45.6 Å². The average molecular weight is 469 g/mol. The van der Waals surface area contributed by atoms with Gasteiger partial charge in [-0.25, -0.2) is 13.8 Å². The molecule has 1 aromatic carbocycles. The number of ether oxygens (including phenoxy) is 1. The summed E-state index contributed by atoms with van der Waals surface area (Å²) in [4.78, 5) is 7.31. The summed E-state index contributed by atoms with van der Waals surface area (Å²) in [5, 5.41) is 11.5. The van der Waals surface area contributed by atoms with Crippen LogP contribution in [0.4, 0.5) is 8.78 Å². The summed E-state index contributed by atoms with van der Waals surface area (Å²) in [5.74, 6) is 0.476. The Labute approximate surface area is 200 Å². The fourth-order valence-electron chi connectivity index (χ4n) is 4.43. The van der Waals surface area contributed by atoms with Crippen LogP contribution in [-0.4, -0.2) is 36.4 Å². The topological polar surface area (TPSA) is 73.8 Å². The number of halogens is 2. The number of nitrogens with one attached hydrogen (secondary N) is 3. The number of pyridine rings is 1. The van der Waals surface area contributed by atoms with E-state index in [2.05, 4.69) is 29.1 Å². The molecule has 0 amide bonds. The van der Waals surface area contributed by atoms with E-state index in [1.165, 1.54) is 51.7 Å². The van der Waals surface area contributed by atoms with Gasteiger partial charge in [-0.3, -0.25) is 0 Å². The van der Waals surface area contributed by atoms with Crippen molar-refractivity contribution in [3.05, 3.63) is 53.9 Å². The highest BCUT2D eigenvalue weighted by molar-refractivity contribution is 6.09. The van der Waals surface area contributed by atoms with Gasteiger partial charge in [-0.15, -0.1) is 0 Å². The quantitative estimate of drug-likeness (QED) is 0.357. The van der Waals surface area contributed by atoms with Crippen LogP contribution in [0.25, 0.3) is 27.7 Å². The first kappa shape index (κ1) is 25.6. The summed E-state index contributed by atoms with van der Waals surface area (Å²) >= 11 is 0. The first-order valence-electron chi connectivity index (χ1n) is 11.8. The van der Waals surface area contributed by atoms with E-state index in [9.17, 15) is 8.78 Å². The molecule has 5 nitrogen and oxygen atoms in total. The van der Waals surface area contributed by atoms with Gasteiger partial charge in [0.25, 0.3) is 0 Å². The molecule has 1 aliphatic heterocycles. The standard InChI is InChI=1S/C18H15F2N3O.C9H19N/c1-3-10(7-21)11-4-14-15(9-23-18(14)22-8-11)13-5-12(19)6-16(20)17(13)24-2;1-3-8(2)9-4-6-10-7-5-9/h3-9,21H,1-2H3,(H,22,23);8-10H,3-7H2,1-2H3/b10-3+,21-7?;. The molecule has 0 spiro atoms. The fourth-order valence-corrected chi connectivity index (χ4v) is 4.43. The van der Waals surface area contributed by atoms with Crippen molar-refractivity contribution in [3.8, 4) is 16.9 Å². The zero-order chi connectivity index (χ0) is 24.7. The Morgan fingerprint density at radius 3 is 2.59 bits per heavy atom. The lowest BCUT2D eigenvalue weighted by Crippen LogP contribution is -2.30. The summed E-state index contributed by atoms with van der Waals surface area (Å²) in [6, 6.07) is 3.84. The van der Waals surface area contributed by atoms with Gasteiger partial charge < -0.3 is 20.4 Å². The minimum atomic E-state index is -0.764. The molecule has 2 aromatic heterocycles. The van der Waals surface area contributed by atoms with Crippen LogP contribution in [0, 0.1) is 28.9 Å². The first-order valence-corrected chi connectivity index (χ1v) is 11.8. The van der Waals surface area contributed by atoms with Crippen molar-refractivity contribution in [1.82, 2.24) is 15.3 Å². The smallest absolute Gasteiger partial charge is 0.168 e. The van der Waals surface area contributed by atoms with Crippen LogP contribution in [0.2, 0.25) is 0 Å².